The zero-order valence-corrected chi connectivity index (χ0v) is 26.0. The van der Waals surface area contributed by atoms with E-state index in [9.17, 15) is 4.79 Å². The quantitative estimate of drug-likeness (QED) is 0.239. The second-order valence-corrected chi connectivity index (χ2v) is 15.0. The van der Waals surface area contributed by atoms with Crippen LogP contribution in [0.2, 0.25) is 0 Å². The highest BCUT2D eigenvalue weighted by molar-refractivity contribution is 5.67. The Morgan fingerprint density at radius 1 is 1.02 bits per heavy atom. The molecule has 40 heavy (non-hydrogen) atoms. The summed E-state index contributed by atoms with van der Waals surface area (Å²) in [5.74, 6) is 5.13. The highest BCUT2D eigenvalue weighted by Gasteiger charge is 2.59. The van der Waals surface area contributed by atoms with Crippen molar-refractivity contribution in [3.8, 4) is 0 Å². The normalized spacial score (nSPS) is 35.8. The van der Waals surface area contributed by atoms with Crippen LogP contribution in [0.3, 0.4) is 0 Å². The Labute approximate surface area is 244 Å². The number of carbonyl (C=O) groups excluding carboxylic acids is 1. The van der Waals surface area contributed by atoms with E-state index >= 15 is 0 Å². The minimum Gasteiger partial charge on any atom is -0.446 e. The lowest BCUT2D eigenvalue weighted by molar-refractivity contribution is -0.0581. The van der Waals surface area contributed by atoms with E-state index in [1.54, 1.807) is 5.57 Å². The zero-order chi connectivity index (χ0) is 28.5. The first-order valence-corrected chi connectivity index (χ1v) is 16.6. The topological polar surface area (TPSA) is 64.3 Å². The molecule has 4 nitrogen and oxygen atoms in total. The third-order valence-corrected chi connectivity index (χ3v) is 12.2. The van der Waals surface area contributed by atoms with E-state index in [4.69, 9.17) is 10.5 Å². The van der Waals surface area contributed by atoms with Crippen LogP contribution in [-0.2, 0) is 11.2 Å². The molecule has 3 fully saturated rings. The van der Waals surface area contributed by atoms with Gasteiger partial charge in [-0.2, -0.15) is 0 Å². The van der Waals surface area contributed by atoms with Crippen LogP contribution in [0.4, 0.5) is 10.5 Å². The maximum Gasteiger partial charge on any atom is 0.407 e. The van der Waals surface area contributed by atoms with Crippen LogP contribution in [0.15, 0.2) is 35.9 Å². The Bertz CT molecular complexity index is 1050. The molecule has 0 spiro atoms. The first-order valence-electron chi connectivity index (χ1n) is 16.6. The second kappa shape index (κ2) is 12.1. The van der Waals surface area contributed by atoms with Crippen molar-refractivity contribution in [1.82, 2.24) is 5.32 Å². The third kappa shape index (κ3) is 5.97. The fourth-order valence-corrected chi connectivity index (χ4v) is 9.94. The fraction of sp³-hybridized carbons (Fsp3) is 0.750. The van der Waals surface area contributed by atoms with Crippen molar-refractivity contribution in [3.05, 3.63) is 41.5 Å². The fourth-order valence-electron chi connectivity index (χ4n) is 9.94. The smallest absolute Gasteiger partial charge is 0.407 e. The average molecular weight is 549 g/mol. The molecule has 8 atom stereocenters. The Kier molecular flexibility index (Phi) is 8.93. The summed E-state index contributed by atoms with van der Waals surface area (Å²) >= 11 is 0. The van der Waals surface area contributed by atoms with E-state index < -0.39 is 0 Å². The van der Waals surface area contributed by atoms with Crippen LogP contribution in [-0.4, -0.2) is 18.7 Å². The molecule has 1 aromatic rings. The molecule has 2 unspecified atom stereocenters. The van der Waals surface area contributed by atoms with Crippen molar-refractivity contribution in [2.45, 2.75) is 118 Å². The lowest BCUT2D eigenvalue weighted by Crippen LogP contribution is -2.51. The molecule has 5 rings (SSSR count). The van der Waals surface area contributed by atoms with Crippen LogP contribution < -0.4 is 11.1 Å². The molecule has 3 N–H and O–H groups in total. The van der Waals surface area contributed by atoms with Gasteiger partial charge in [-0.15, -0.1) is 0 Å². The number of benzene rings is 1. The number of rotatable bonds is 9. The molecule has 4 aliphatic carbocycles. The Morgan fingerprint density at radius 2 is 1.80 bits per heavy atom. The SMILES string of the molecule is CC(C)CCC[C@@H](C)C1CCC2[C@@H]3CC=C4C[C@@H](OC(=O)NCCc5ccc(N)cc5)CC[C@]4(C)[C@H]3CC[C@]12C. The van der Waals surface area contributed by atoms with Gasteiger partial charge in [-0.3, -0.25) is 0 Å². The van der Waals surface area contributed by atoms with E-state index in [0.717, 1.165) is 66.9 Å². The number of fused-ring (bicyclic) bond motifs is 5. The molecule has 0 heterocycles. The van der Waals surface area contributed by atoms with Crippen molar-refractivity contribution >= 4 is 11.8 Å². The average Bonchev–Trinajstić information content (AvgIpc) is 3.27. The summed E-state index contributed by atoms with van der Waals surface area (Å²) < 4.78 is 5.94. The van der Waals surface area contributed by atoms with Crippen molar-refractivity contribution < 1.29 is 9.53 Å². The number of alkyl carbamates (subject to hydrolysis) is 1. The van der Waals surface area contributed by atoms with Crippen LogP contribution in [0.1, 0.15) is 111 Å². The summed E-state index contributed by atoms with van der Waals surface area (Å²) in [5, 5.41) is 2.97. The number of ether oxygens (including phenoxy) is 1. The van der Waals surface area contributed by atoms with Crippen LogP contribution in [0, 0.1) is 46.3 Å². The number of carbonyl (C=O) groups is 1. The van der Waals surface area contributed by atoms with E-state index in [1.807, 2.05) is 24.3 Å². The molecule has 3 saturated carbocycles. The molecule has 0 bridgehead atoms. The van der Waals surface area contributed by atoms with Gasteiger partial charge in [0, 0.05) is 18.7 Å². The number of nitrogens with two attached hydrogens (primary N) is 1. The molecule has 0 radical (unpaired) electrons. The maximum atomic E-state index is 12.6. The van der Waals surface area contributed by atoms with Crippen molar-refractivity contribution in [2.75, 3.05) is 12.3 Å². The van der Waals surface area contributed by atoms with E-state index in [-0.39, 0.29) is 17.6 Å². The van der Waals surface area contributed by atoms with Gasteiger partial charge in [-0.05, 0) is 115 Å². The first-order chi connectivity index (χ1) is 19.1. The Hall–Kier alpha value is -1.97. The Balaban J connectivity index is 1.15. The number of nitrogen functional groups attached to an aromatic ring is 1. The highest BCUT2D eigenvalue weighted by atomic mass is 16.6. The summed E-state index contributed by atoms with van der Waals surface area (Å²) in [4.78, 5) is 12.6. The van der Waals surface area contributed by atoms with Crippen LogP contribution >= 0.6 is 0 Å². The molecule has 4 heteroatoms. The first kappa shape index (κ1) is 29.5. The Morgan fingerprint density at radius 3 is 2.55 bits per heavy atom. The monoisotopic (exact) mass is 548 g/mol. The molecule has 0 aromatic heterocycles. The molecular weight excluding hydrogens is 492 g/mol. The summed E-state index contributed by atoms with van der Waals surface area (Å²) in [6, 6.07) is 7.84. The maximum absolute atomic E-state index is 12.6. The van der Waals surface area contributed by atoms with Crippen molar-refractivity contribution in [1.29, 1.82) is 0 Å². The van der Waals surface area contributed by atoms with Gasteiger partial charge in [0.05, 0.1) is 0 Å². The highest BCUT2D eigenvalue weighted by Crippen LogP contribution is 2.67. The van der Waals surface area contributed by atoms with Gasteiger partial charge in [-0.1, -0.05) is 77.7 Å². The van der Waals surface area contributed by atoms with E-state index in [2.05, 4.69) is 46.0 Å². The van der Waals surface area contributed by atoms with Crippen LogP contribution in [0.25, 0.3) is 0 Å². The lowest BCUT2D eigenvalue weighted by atomic mass is 9.47. The number of hydrogen-bond donors (Lipinski definition) is 2. The standard InChI is InChI=1S/C36H56N2O2/c1-24(2)7-6-8-25(3)31-15-16-32-30-14-11-27-23-29(17-20-35(27,4)33(30)18-21-36(31,32)5)40-34(39)38-22-19-26-9-12-28(37)13-10-26/h9-13,24-25,29-33H,6-8,14-23,37H2,1-5H3,(H,38,39)/t25-,29+,30+,31?,32?,33+,35+,36-/m1/s1. The minimum atomic E-state index is -0.272. The summed E-state index contributed by atoms with van der Waals surface area (Å²) in [7, 11) is 0. The summed E-state index contributed by atoms with van der Waals surface area (Å²) in [6.45, 7) is 13.1. The number of nitrogens with one attached hydrogen (secondary N) is 1. The van der Waals surface area contributed by atoms with Gasteiger partial charge in [0.25, 0.3) is 0 Å². The number of hydrogen-bond acceptors (Lipinski definition) is 3. The molecule has 0 aliphatic heterocycles. The van der Waals surface area contributed by atoms with Gasteiger partial charge < -0.3 is 15.8 Å². The number of anilines is 1. The van der Waals surface area contributed by atoms with E-state index in [1.165, 1.54) is 56.9 Å². The predicted molar refractivity (Wildman–Crippen MR) is 166 cm³/mol. The second-order valence-electron chi connectivity index (χ2n) is 15.0. The third-order valence-electron chi connectivity index (χ3n) is 12.2. The van der Waals surface area contributed by atoms with Gasteiger partial charge in [0.15, 0.2) is 0 Å². The minimum absolute atomic E-state index is 0.00352. The van der Waals surface area contributed by atoms with Crippen LogP contribution in [0.5, 0.6) is 0 Å². The largest absolute Gasteiger partial charge is 0.446 e. The van der Waals surface area contributed by atoms with Gasteiger partial charge in [0.2, 0.25) is 0 Å². The summed E-state index contributed by atoms with van der Waals surface area (Å²) in [5.41, 5.74) is 10.1. The van der Waals surface area contributed by atoms with Crippen molar-refractivity contribution in [3.63, 3.8) is 0 Å². The van der Waals surface area contributed by atoms with Gasteiger partial charge >= 0.3 is 6.09 Å². The zero-order valence-electron chi connectivity index (χ0n) is 26.0. The number of amides is 1. The molecular formula is C36H56N2O2. The van der Waals surface area contributed by atoms with Gasteiger partial charge in [-0.25, -0.2) is 4.79 Å². The van der Waals surface area contributed by atoms with Gasteiger partial charge in [0.1, 0.15) is 6.10 Å². The van der Waals surface area contributed by atoms with E-state index in [0.29, 0.717) is 12.0 Å². The molecule has 4 aliphatic rings. The molecule has 1 aromatic carbocycles. The molecule has 1 amide bonds. The van der Waals surface area contributed by atoms with Crippen molar-refractivity contribution in [2.24, 2.45) is 46.3 Å². The molecule has 222 valence electrons. The molecule has 0 saturated heterocycles. The predicted octanol–water partition coefficient (Wildman–Crippen LogP) is 8.95. The lowest BCUT2D eigenvalue weighted by Gasteiger charge is -2.58. The number of allylic oxidation sites excluding steroid dienone is 1. The summed E-state index contributed by atoms with van der Waals surface area (Å²) in [6.07, 6.45) is 17.3.